The van der Waals surface area contributed by atoms with E-state index in [9.17, 15) is 45.6 Å². The maximum Gasteiger partial charge on any atom is 0.238 e. The molecule has 0 radical (unpaired) electrons. The van der Waals surface area contributed by atoms with Crippen LogP contribution in [0.5, 0.6) is 34.5 Å². The molecule has 0 aliphatic carbocycles. The number of aliphatic hydroxyl groups excluding tert-OH is 4. The standard InChI is InChI=1S/C22H22O13/c1-32-11-4-8(33-22-20(31)18(29)16(27)13(6-23)35-22)5-12-14(11)17(28)19(30)21(34-12)7-2-9(24)15(26)10(25)3-7/h2-5,13,16,18,20,22-27,29-31H,6H2,1H3/t13?,16-,18?,20-,22+/m1/s1. The summed E-state index contributed by atoms with van der Waals surface area (Å²) in [7, 11) is 1.23. The van der Waals surface area contributed by atoms with Crippen molar-refractivity contribution in [3.8, 4) is 45.8 Å². The normalized spacial score (nSPS) is 24.4. The first kappa shape index (κ1) is 24.4. The lowest BCUT2D eigenvalue weighted by atomic mass is 9.99. The van der Waals surface area contributed by atoms with Gasteiger partial charge in [0.15, 0.2) is 23.0 Å². The summed E-state index contributed by atoms with van der Waals surface area (Å²) in [5.74, 6) is -3.81. The van der Waals surface area contributed by atoms with Crippen LogP contribution in [0.3, 0.4) is 0 Å². The van der Waals surface area contributed by atoms with Gasteiger partial charge in [-0.15, -0.1) is 0 Å². The lowest BCUT2D eigenvalue weighted by Crippen LogP contribution is -2.60. The minimum absolute atomic E-state index is 0.0881. The number of fused-ring (bicyclic) bond motifs is 1. The molecule has 188 valence electrons. The second-order valence-electron chi connectivity index (χ2n) is 7.79. The van der Waals surface area contributed by atoms with Gasteiger partial charge in [-0.25, -0.2) is 0 Å². The number of hydrogen-bond donors (Lipinski definition) is 8. The van der Waals surface area contributed by atoms with Crippen LogP contribution in [-0.4, -0.2) is 85.3 Å². The number of rotatable bonds is 5. The Labute approximate surface area is 195 Å². The minimum atomic E-state index is -1.71. The Morgan fingerprint density at radius 3 is 2.17 bits per heavy atom. The van der Waals surface area contributed by atoms with Crippen LogP contribution in [0.1, 0.15) is 0 Å². The van der Waals surface area contributed by atoms with Gasteiger partial charge >= 0.3 is 0 Å². The average Bonchev–Trinajstić information content (AvgIpc) is 2.84. The molecule has 1 aromatic heterocycles. The second kappa shape index (κ2) is 9.13. The van der Waals surface area contributed by atoms with Crippen LogP contribution in [0.4, 0.5) is 0 Å². The van der Waals surface area contributed by atoms with Gasteiger partial charge in [0, 0.05) is 17.7 Å². The zero-order valence-electron chi connectivity index (χ0n) is 18.0. The summed E-state index contributed by atoms with van der Waals surface area (Å²) in [5, 5.41) is 78.8. The lowest BCUT2D eigenvalue weighted by Gasteiger charge is -2.39. The molecule has 13 nitrogen and oxygen atoms in total. The summed E-state index contributed by atoms with van der Waals surface area (Å²) in [5.41, 5.74) is -1.26. The molecule has 0 bridgehead atoms. The number of hydrogen-bond acceptors (Lipinski definition) is 13. The second-order valence-corrected chi connectivity index (χ2v) is 7.79. The highest BCUT2D eigenvalue weighted by molar-refractivity contribution is 5.88. The zero-order valence-corrected chi connectivity index (χ0v) is 18.0. The van der Waals surface area contributed by atoms with Gasteiger partial charge in [0.2, 0.25) is 17.5 Å². The molecular formula is C22H22O13. The van der Waals surface area contributed by atoms with E-state index in [2.05, 4.69) is 0 Å². The molecule has 2 aromatic carbocycles. The van der Waals surface area contributed by atoms with Gasteiger partial charge in [-0.2, -0.15) is 0 Å². The maximum atomic E-state index is 12.9. The van der Waals surface area contributed by atoms with Crippen LogP contribution in [0.2, 0.25) is 0 Å². The molecule has 0 saturated carbocycles. The molecule has 35 heavy (non-hydrogen) atoms. The van der Waals surface area contributed by atoms with E-state index in [1.165, 1.54) is 19.2 Å². The van der Waals surface area contributed by atoms with Crippen LogP contribution in [0.15, 0.2) is 33.5 Å². The van der Waals surface area contributed by atoms with Crippen molar-refractivity contribution in [1.82, 2.24) is 0 Å². The van der Waals surface area contributed by atoms with Crippen molar-refractivity contribution in [3.05, 3.63) is 34.5 Å². The number of methoxy groups -OCH3 is 1. The number of aromatic hydroxyl groups is 4. The Hall–Kier alpha value is -3.75. The fraction of sp³-hybridized carbons (Fsp3) is 0.318. The van der Waals surface area contributed by atoms with Gasteiger partial charge < -0.3 is 59.5 Å². The topological polar surface area (TPSA) is 220 Å². The van der Waals surface area contributed by atoms with E-state index in [1.54, 1.807) is 0 Å². The Kier molecular flexibility index (Phi) is 6.36. The number of phenolic OH excluding ortho intramolecular Hbond substituents is 3. The van der Waals surface area contributed by atoms with Gasteiger partial charge in [-0.3, -0.25) is 4.79 Å². The van der Waals surface area contributed by atoms with E-state index in [1.807, 2.05) is 0 Å². The first-order valence-corrected chi connectivity index (χ1v) is 10.2. The molecule has 4 rings (SSSR count). The van der Waals surface area contributed by atoms with E-state index < -0.39 is 71.5 Å². The van der Waals surface area contributed by atoms with E-state index in [0.29, 0.717) is 0 Å². The fourth-order valence-corrected chi connectivity index (χ4v) is 3.71. The molecule has 2 unspecified atom stereocenters. The predicted octanol–water partition coefficient (Wildman–Crippen LogP) is -0.530. The average molecular weight is 494 g/mol. The quantitative estimate of drug-likeness (QED) is 0.209. The lowest BCUT2D eigenvalue weighted by molar-refractivity contribution is -0.277. The van der Waals surface area contributed by atoms with E-state index in [-0.39, 0.29) is 28.0 Å². The molecule has 1 saturated heterocycles. The van der Waals surface area contributed by atoms with E-state index in [4.69, 9.17) is 18.6 Å². The van der Waals surface area contributed by atoms with Crippen molar-refractivity contribution in [2.75, 3.05) is 13.7 Å². The van der Waals surface area contributed by atoms with Crippen molar-refractivity contribution in [3.63, 3.8) is 0 Å². The first-order chi connectivity index (χ1) is 16.6. The Bertz CT molecular complexity index is 1290. The third-order valence-electron chi connectivity index (χ3n) is 5.56. The first-order valence-electron chi connectivity index (χ1n) is 10.2. The maximum absolute atomic E-state index is 12.9. The molecule has 2 heterocycles. The van der Waals surface area contributed by atoms with Crippen LogP contribution < -0.4 is 14.9 Å². The molecule has 1 aliphatic rings. The van der Waals surface area contributed by atoms with Crippen molar-refractivity contribution in [2.24, 2.45) is 0 Å². The van der Waals surface area contributed by atoms with Gasteiger partial charge in [0.25, 0.3) is 0 Å². The smallest absolute Gasteiger partial charge is 0.238 e. The van der Waals surface area contributed by atoms with E-state index >= 15 is 0 Å². The summed E-state index contributed by atoms with van der Waals surface area (Å²) in [6.45, 7) is -0.671. The third kappa shape index (κ3) is 4.15. The molecule has 8 N–H and O–H groups in total. The Balaban J connectivity index is 1.82. The summed E-state index contributed by atoms with van der Waals surface area (Å²) >= 11 is 0. The van der Waals surface area contributed by atoms with Gasteiger partial charge in [-0.1, -0.05) is 0 Å². The molecule has 13 heteroatoms. The monoisotopic (exact) mass is 494 g/mol. The third-order valence-corrected chi connectivity index (χ3v) is 5.56. The molecule has 0 amide bonds. The largest absolute Gasteiger partial charge is 0.504 e. The fourth-order valence-electron chi connectivity index (χ4n) is 3.71. The van der Waals surface area contributed by atoms with Crippen LogP contribution >= 0.6 is 0 Å². The Morgan fingerprint density at radius 1 is 0.914 bits per heavy atom. The van der Waals surface area contributed by atoms with Crippen molar-refractivity contribution in [1.29, 1.82) is 0 Å². The molecule has 3 aromatic rings. The predicted molar refractivity (Wildman–Crippen MR) is 116 cm³/mol. The van der Waals surface area contributed by atoms with E-state index in [0.717, 1.165) is 12.1 Å². The molecule has 0 spiro atoms. The molecule has 5 atom stereocenters. The highest BCUT2D eigenvalue weighted by Crippen LogP contribution is 2.42. The van der Waals surface area contributed by atoms with Gasteiger partial charge in [-0.05, 0) is 12.1 Å². The molecular weight excluding hydrogens is 472 g/mol. The summed E-state index contributed by atoms with van der Waals surface area (Å²) in [6, 6.07) is 4.30. The number of aliphatic hydroxyl groups is 4. The molecule has 1 aliphatic heterocycles. The zero-order chi connectivity index (χ0) is 25.6. The molecule has 1 fully saturated rings. The summed E-state index contributed by atoms with van der Waals surface area (Å²) < 4.78 is 21.7. The van der Waals surface area contributed by atoms with Gasteiger partial charge in [0.1, 0.15) is 46.9 Å². The summed E-state index contributed by atoms with van der Waals surface area (Å²) in [4.78, 5) is 12.9. The highest BCUT2D eigenvalue weighted by atomic mass is 16.7. The van der Waals surface area contributed by atoms with Gasteiger partial charge in [0.05, 0.1) is 13.7 Å². The Morgan fingerprint density at radius 2 is 1.57 bits per heavy atom. The number of benzene rings is 2. The number of ether oxygens (including phenoxy) is 3. The summed E-state index contributed by atoms with van der Waals surface area (Å²) in [6.07, 6.45) is -7.76. The van der Waals surface area contributed by atoms with Crippen LogP contribution in [-0.2, 0) is 4.74 Å². The minimum Gasteiger partial charge on any atom is -0.504 e. The van der Waals surface area contributed by atoms with Crippen molar-refractivity contribution >= 4 is 11.0 Å². The highest BCUT2D eigenvalue weighted by Gasteiger charge is 2.44. The van der Waals surface area contributed by atoms with Crippen molar-refractivity contribution < 1.29 is 59.5 Å². The van der Waals surface area contributed by atoms with Crippen molar-refractivity contribution in [2.45, 2.75) is 30.7 Å². The van der Waals surface area contributed by atoms with Crippen LogP contribution in [0.25, 0.3) is 22.3 Å². The number of phenols is 3. The van der Waals surface area contributed by atoms with Crippen LogP contribution in [0, 0.1) is 0 Å². The SMILES string of the molecule is COc1cc(O[C@H]2OC(CO)[C@@H](O)C(O)[C@H]2O)cc2oc(-c3cc(O)c(O)c(O)c3)c(O)c(=O)c12.